The van der Waals surface area contributed by atoms with Gasteiger partial charge in [-0.05, 0) is 53.2 Å². The highest BCUT2D eigenvalue weighted by molar-refractivity contribution is 6.02. The van der Waals surface area contributed by atoms with Crippen LogP contribution in [0.1, 0.15) is 27.8 Å². The lowest BCUT2D eigenvalue weighted by Crippen LogP contribution is -1.91. The lowest BCUT2D eigenvalue weighted by atomic mass is 9.98. The van der Waals surface area contributed by atoms with Gasteiger partial charge in [0.1, 0.15) is 0 Å². The number of fused-ring (bicyclic) bond motifs is 4. The summed E-state index contributed by atoms with van der Waals surface area (Å²) in [7, 11) is 0. The van der Waals surface area contributed by atoms with Gasteiger partial charge in [-0.1, -0.05) is 48.0 Å². The summed E-state index contributed by atoms with van der Waals surface area (Å²) < 4.78 is 0. The Balaban J connectivity index is 1.90. The summed E-state index contributed by atoms with van der Waals surface area (Å²) in [5, 5.41) is 0. The lowest BCUT2D eigenvalue weighted by Gasteiger charge is -2.07. The molecule has 2 aliphatic carbocycles. The van der Waals surface area contributed by atoms with E-state index < -0.39 is 0 Å². The van der Waals surface area contributed by atoms with Crippen LogP contribution in [0.5, 0.6) is 0 Å². The van der Waals surface area contributed by atoms with E-state index in [1.165, 1.54) is 27.8 Å². The first-order valence-electron chi connectivity index (χ1n) is 6.23. The molecule has 4 rings (SSSR count). The van der Waals surface area contributed by atoms with Crippen molar-refractivity contribution in [3.05, 3.63) is 70.3 Å². The highest BCUT2D eigenvalue weighted by Gasteiger charge is 2.28. The molecule has 0 N–H and O–H groups in total. The zero-order valence-corrected chi connectivity index (χ0v) is 9.96. The molecule has 0 radical (unpaired) electrons. The van der Waals surface area contributed by atoms with Gasteiger partial charge >= 0.3 is 0 Å². The Hall–Kier alpha value is -1.82. The number of allylic oxidation sites excluding steroid dienone is 2. The van der Waals surface area contributed by atoms with Crippen LogP contribution in [0.25, 0.3) is 11.1 Å². The topological polar surface area (TPSA) is 0 Å². The maximum absolute atomic E-state index is 2.34. The van der Waals surface area contributed by atoms with Crippen LogP contribution >= 0.6 is 0 Å². The van der Waals surface area contributed by atoms with Gasteiger partial charge in [-0.15, -0.1) is 0 Å². The Kier molecular flexibility index (Phi) is 1.69. The molecule has 2 aromatic carbocycles. The van der Waals surface area contributed by atoms with Crippen molar-refractivity contribution in [2.75, 3.05) is 0 Å². The Morgan fingerprint density at radius 3 is 2.35 bits per heavy atom. The average molecular weight is 218 g/mol. The predicted molar refractivity (Wildman–Crippen MR) is 71.8 cm³/mol. The van der Waals surface area contributed by atoms with Crippen LogP contribution in [0.15, 0.2) is 42.5 Å². The molecular weight excluding hydrogens is 204 g/mol. The fourth-order valence-corrected chi connectivity index (χ4v) is 3.24. The van der Waals surface area contributed by atoms with E-state index in [2.05, 4.69) is 49.4 Å². The monoisotopic (exact) mass is 218 g/mol. The molecule has 0 aromatic heterocycles. The highest BCUT2D eigenvalue weighted by atomic mass is 14.3. The van der Waals surface area contributed by atoms with Gasteiger partial charge in [0.25, 0.3) is 0 Å². The summed E-state index contributed by atoms with van der Waals surface area (Å²) >= 11 is 0. The van der Waals surface area contributed by atoms with Crippen LogP contribution in [0.4, 0.5) is 0 Å². The van der Waals surface area contributed by atoms with Gasteiger partial charge in [0.15, 0.2) is 0 Å². The molecule has 0 aliphatic heterocycles. The summed E-state index contributed by atoms with van der Waals surface area (Å²) in [5.41, 5.74) is 10.5. The quantitative estimate of drug-likeness (QED) is 0.626. The number of rotatable bonds is 0. The van der Waals surface area contributed by atoms with E-state index in [0.29, 0.717) is 0 Å². The second-order valence-corrected chi connectivity index (χ2v) is 5.13. The molecule has 17 heavy (non-hydrogen) atoms. The van der Waals surface area contributed by atoms with Crippen LogP contribution in [0, 0.1) is 6.92 Å². The molecule has 82 valence electrons. The normalized spacial score (nSPS) is 15.8. The molecule has 0 atom stereocenters. The van der Waals surface area contributed by atoms with Gasteiger partial charge in [-0.2, -0.15) is 0 Å². The number of aryl methyl sites for hydroxylation is 1. The first kappa shape index (κ1) is 9.23. The third-order valence-electron chi connectivity index (χ3n) is 4.03. The Bertz CT molecular complexity index is 659. The maximum atomic E-state index is 2.34. The zero-order chi connectivity index (χ0) is 11.4. The first-order chi connectivity index (χ1) is 8.33. The predicted octanol–water partition coefficient (Wildman–Crippen LogP) is 4.02. The van der Waals surface area contributed by atoms with Gasteiger partial charge in [0.2, 0.25) is 0 Å². The molecule has 0 heterocycles. The Morgan fingerprint density at radius 1 is 0.765 bits per heavy atom. The molecule has 0 amide bonds. The van der Waals surface area contributed by atoms with Crippen molar-refractivity contribution in [1.29, 1.82) is 0 Å². The van der Waals surface area contributed by atoms with Gasteiger partial charge in [-0.25, -0.2) is 0 Å². The van der Waals surface area contributed by atoms with E-state index in [-0.39, 0.29) is 0 Å². The van der Waals surface area contributed by atoms with Crippen LogP contribution in [-0.2, 0) is 12.8 Å². The molecule has 2 aliphatic rings. The van der Waals surface area contributed by atoms with Gasteiger partial charge in [0, 0.05) is 0 Å². The van der Waals surface area contributed by atoms with Crippen molar-refractivity contribution in [1.82, 2.24) is 0 Å². The van der Waals surface area contributed by atoms with E-state index in [1.807, 2.05) is 0 Å². The van der Waals surface area contributed by atoms with Crippen LogP contribution in [-0.4, -0.2) is 0 Å². The van der Waals surface area contributed by atoms with E-state index in [4.69, 9.17) is 0 Å². The molecule has 0 fully saturated rings. The van der Waals surface area contributed by atoms with Crippen molar-refractivity contribution in [2.45, 2.75) is 19.8 Å². The van der Waals surface area contributed by atoms with Crippen molar-refractivity contribution in [3.63, 3.8) is 0 Å². The number of hydrogen-bond acceptors (Lipinski definition) is 0. The van der Waals surface area contributed by atoms with Gasteiger partial charge in [0.05, 0.1) is 0 Å². The van der Waals surface area contributed by atoms with Gasteiger partial charge in [-0.3, -0.25) is 0 Å². The second-order valence-electron chi connectivity index (χ2n) is 5.13. The largest absolute Gasteiger partial charge is 0.0619 e. The Morgan fingerprint density at radius 2 is 1.47 bits per heavy atom. The van der Waals surface area contributed by atoms with Crippen molar-refractivity contribution >= 4 is 11.1 Å². The van der Waals surface area contributed by atoms with E-state index in [0.717, 1.165) is 12.8 Å². The van der Waals surface area contributed by atoms with Crippen molar-refractivity contribution < 1.29 is 0 Å². The SMILES string of the molecule is Cc1ccc2c(c1)CC1=C2Cc2ccccc21. The van der Waals surface area contributed by atoms with Crippen molar-refractivity contribution in [3.8, 4) is 0 Å². The average Bonchev–Trinajstić information content (AvgIpc) is 2.84. The van der Waals surface area contributed by atoms with Crippen molar-refractivity contribution in [2.24, 2.45) is 0 Å². The van der Waals surface area contributed by atoms with Crippen LogP contribution in [0.3, 0.4) is 0 Å². The number of benzene rings is 2. The third kappa shape index (κ3) is 1.18. The first-order valence-corrected chi connectivity index (χ1v) is 6.23. The van der Waals surface area contributed by atoms with E-state index in [1.54, 1.807) is 11.1 Å². The van der Waals surface area contributed by atoms with E-state index >= 15 is 0 Å². The van der Waals surface area contributed by atoms with Gasteiger partial charge < -0.3 is 0 Å². The standard InChI is InChI=1S/C17H14/c1-11-6-7-15-13(8-11)10-17-14-5-3-2-4-12(14)9-16(15)17/h2-8H,9-10H2,1H3. The fourth-order valence-electron chi connectivity index (χ4n) is 3.24. The summed E-state index contributed by atoms with van der Waals surface area (Å²) in [4.78, 5) is 0. The smallest absolute Gasteiger partial charge is 0.00105 e. The molecule has 0 nitrogen and oxygen atoms in total. The van der Waals surface area contributed by atoms with Crippen LogP contribution in [0.2, 0.25) is 0 Å². The van der Waals surface area contributed by atoms with E-state index in [9.17, 15) is 0 Å². The lowest BCUT2D eigenvalue weighted by molar-refractivity contribution is 1.24. The third-order valence-corrected chi connectivity index (χ3v) is 4.03. The Labute approximate surface area is 102 Å². The maximum Gasteiger partial charge on any atom is -0.00105 e. The molecule has 2 aromatic rings. The molecule has 0 bridgehead atoms. The molecule has 0 unspecified atom stereocenters. The zero-order valence-electron chi connectivity index (χ0n) is 9.96. The summed E-state index contributed by atoms with van der Waals surface area (Å²) in [5.74, 6) is 0. The minimum Gasteiger partial charge on any atom is -0.0619 e. The molecule has 0 saturated carbocycles. The summed E-state index contributed by atoms with van der Waals surface area (Å²) in [6, 6.07) is 15.7. The highest BCUT2D eigenvalue weighted by Crippen LogP contribution is 2.46. The minimum absolute atomic E-state index is 1.13. The number of hydrogen-bond donors (Lipinski definition) is 0. The summed E-state index contributed by atoms with van der Waals surface area (Å²) in [6.07, 6.45) is 2.25. The molecular formula is C17H14. The van der Waals surface area contributed by atoms with Crippen LogP contribution < -0.4 is 0 Å². The molecule has 0 saturated heterocycles. The fraction of sp³-hybridized carbons (Fsp3) is 0.176. The second kappa shape index (κ2) is 3.10. The molecule has 0 heteroatoms. The minimum atomic E-state index is 1.13. The summed E-state index contributed by atoms with van der Waals surface area (Å²) in [6.45, 7) is 2.18. The molecule has 0 spiro atoms.